The van der Waals surface area contributed by atoms with Gasteiger partial charge in [-0.05, 0) is 67.4 Å². The zero-order valence-electron chi connectivity index (χ0n) is 18.5. The molecule has 0 saturated heterocycles. The first-order valence-electron chi connectivity index (χ1n) is 10.5. The zero-order chi connectivity index (χ0) is 24.7. The molecule has 3 rings (SSSR count). The van der Waals surface area contributed by atoms with Gasteiger partial charge in [-0.2, -0.15) is 0 Å². The number of nitrogens with one attached hydrogen (secondary N) is 1. The van der Waals surface area contributed by atoms with Crippen LogP contribution in [-0.2, 0) is 29.6 Å². The lowest BCUT2D eigenvalue weighted by atomic mass is 10.1. The van der Waals surface area contributed by atoms with Crippen LogP contribution in [0.15, 0.2) is 59.5 Å². The second-order valence-corrected chi connectivity index (χ2v) is 9.82. The predicted octanol–water partition coefficient (Wildman–Crippen LogP) is 5.09. The molecule has 0 unspecified atom stereocenters. The van der Waals surface area contributed by atoms with Crippen LogP contribution in [0.1, 0.15) is 23.6 Å². The monoisotopic (exact) mass is 526 g/mol. The van der Waals surface area contributed by atoms with Gasteiger partial charge in [0.2, 0.25) is 10.0 Å². The van der Waals surface area contributed by atoms with Crippen LogP contribution in [0.5, 0.6) is 11.5 Å². The fraction of sp³-hybridized carbons (Fsp3) is 0.250. The normalized spacial score (nSPS) is 11.4. The van der Waals surface area contributed by atoms with Crippen LogP contribution in [0.25, 0.3) is 0 Å². The van der Waals surface area contributed by atoms with Gasteiger partial charge in [0.1, 0.15) is 12.4 Å². The van der Waals surface area contributed by atoms with Crippen LogP contribution in [-0.4, -0.2) is 21.6 Å². The minimum Gasteiger partial charge on any atom is -0.490 e. The van der Waals surface area contributed by atoms with Crippen molar-refractivity contribution >= 4 is 33.2 Å². The molecule has 0 aromatic heterocycles. The van der Waals surface area contributed by atoms with Crippen molar-refractivity contribution in [2.75, 3.05) is 13.2 Å². The molecule has 0 spiro atoms. The first-order valence-corrected chi connectivity index (χ1v) is 12.8. The molecule has 3 N–H and O–H groups in total. The van der Waals surface area contributed by atoms with E-state index in [4.69, 9.17) is 37.8 Å². The largest absolute Gasteiger partial charge is 0.490 e. The third-order valence-electron chi connectivity index (χ3n) is 4.96. The van der Waals surface area contributed by atoms with Crippen LogP contribution in [0.3, 0.4) is 0 Å². The van der Waals surface area contributed by atoms with E-state index in [-0.39, 0.29) is 22.1 Å². The maximum atomic E-state index is 14.1. The maximum Gasteiger partial charge on any atom is 0.238 e. The fourth-order valence-electron chi connectivity index (χ4n) is 3.25. The first-order chi connectivity index (χ1) is 16.2. The summed E-state index contributed by atoms with van der Waals surface area (Å²) in [5, 5.41) is 9.05. The Morgan fingerprint density at radius 3 is 2.38 bits per heavy atom. The Hall–Kier alpha value is -2.36. The van der Waals surface area contributed by atoms with E-state index < -0.39 is 15.8 Å². The molecular weight excluding hydrogens is 502 g/mol. The van der Waals surface area contributed by atoms with Crippen molar-refractivity contribution in [3.63, 3.8) is 0 Å². The summed E-state index contributed by atoms with van der Waals surface area (Å²) in [7, 11) is -3.70. The molecule has 0 atom stereocenters. The summed E-state index contributed by atoms with van der Waals surface area (Å²) < 4.78 is 48.2. The lowest BCUT2D eigenvalue weighted by molar-refractivity contribution is 0.266. The summed E-state index contributed by atoms with van der Waals surface area (Å²) >= 11 is 12.5. The highest BCUT2D eigenvalue weighted by molar-refractivity contribution is 7.89. The van der Waals surface area contributed by atoms with E-state index in [2.05, 4.69) is 5.32 Å². The van der Waals surface area contributed by atoms with Gasteiger partial charge in [-0.15, -0.1) is 0 Å². The van der Waals surface area contributed by atoms with Crippen molar-refractivity contribution in [2.45, 2.75) is 31.4 Å². The number of sulfonamides is 1. The van der Waals surface area contributed by atoms with Gasteiger partial charge in [0, 0.05) is 12.1 Å². The lowest BCUT2D eigenvalue weighted by Gasteiger charge is -2.16. The zero-order valence-corrected chi connectivity index (χ0v) is 20.8. The molecule has 0 aliphatic rings. The third kappa shape index (κ3) is 7.07. The highest BCUT2D eigenvalue weighted by atomic mass is 35.5. The highest BCUT2D eigenvalue weighted by Crippen LogP contribution is 2.37. The van der Waals surface area contributed by atoms with E-state index in [0.29, 0.717) is 42.6 Å². The molecule has 0 fully saturated rings. The highest BCUT2D eigenvalue weighted by Gasteiger charge is 2.15. The molecule has 6 nitrogen and oxygen atoms in total. The number of ether oxygens (including phenoxy) is 2. The minimum absolute atomic E-state index is 0.0851. The van der Waals surface area contributed by atoms with E-state index in [1.807, 2.05) is 13.0 Å². The predicted molar refractivity (Wildman–Crippen MR) is 132 cm³/mol. The van der Waals surface area contributed by atoms with Gasteiger partial charge in [-0.25, -0.2) is 17.9 Å². The number of hydrogen-bond acceptors (Lipinski definition) is 5. The van der Waals surface area contributed by atoms with Gasteiger partial charge in [0.15, 0.2) is 11.5 Å². The van der Waals surface area contributed by atoms with Crippen LogP contribution in [0.2, 0.25) is 10.0 Å². The first kappa shape index (κ1) is 26.2. The number of benzene rings is 3. The van der Waals surface area contributed by atoms with Gasteiger partial charge in [-0.1, -0.05) is 41.4 Å². The van der Waals surface area contributed by atoms with E-state index in [0.717, 1.165) is 11.1 Å². The van der Waals surface area contributed by atoms with Crippen LogP contribution in [0.4, 0.5) is 4.39 Å². The molecular formula is C24H25Cl2FN2O4S. The topological polar surface area (TPSA) is 90.6 Å². The molecule has 0 amide bonds. The van der Waals surface area contributed by atoms with Crippen molar-refractivity contribution < 1.29 is 22.3 Å². The number of rotatable bonds is 11. The van der Waals surface area contributed by atoms with E-state index in [1.54, 1.807) is 24.3 Å². The smallest absolute Gasteiger partial charge is 0.238 e. The van der Waals surface area contributed by atoms with E-state index in [9.17, 15) is 12.8 Å². The number of halogens is 3. The molecule has 0 heterocycles. The van der Waals surface area contributed by atoms with Crippen molar-refractivity contribution in [3.8, 4) is 11.5 Å². The Morgan fingerprint density at radius 2 is 1.74 bits per heavy atom. The Kier molecular flexibility index (Phi) is 9.16. The number of hydrogen-bond donors (Lipinski definition) is 2. The average molecular weight is 527 g/mol. The summed E-state index contributed by atoms with van der Waals surface area (Å²) in [6, 6.07) is 14.5. The number of primary sulfonamides is 1. The van der Waals surface area contributed by atoms with Crippen LogP contribution < -0.4 is 19.9 Å². The molecule has 10 heteroatoms. The Morgan fingerprint density at radius 1 is 1.00 bits per heavy atom. The SMILES string of the molecule is CCOc1cc(CNCCc2ccc(S(N)(=O)=O)cc2)cc(Cl)c1OCc1c(F)cccc1Cl. The molecule has 0 aliphatic heterocycles. The Labute approximate surface area is 208 Å². The summed E-state index contributed by atoms with van der Waals surface area (Å²) in [4.78, 5) is 0.0851. The van der Waals surface area contributed by atoms with Crippen LogP contribution in [0, 0.1) is 5.82 Å². The van der Waals surface area contributed by atoms with Gasteiger partial charge in [0.25, 0.3) is 0 Å². The average Bonchev–Trinajstić information content (AvgIpc) is 2.78. The van der Waals surface area contributed by atoms with Crippen molar-refractivity contribution in [2.24, 2.45) is 5.14 Å². The van der Waals surface area contributed by atoms with Gasteiger partial charge in [0.05, 0.1) is 21.5 Å². The van der Waals surface area contributed by atoms with Crippen molar-refractivity contribution in [1.29, 1.82) is 0 Å². The van der Waals surface area contributed by atoms with Gasteiger partial charge in [-0.3, -0.25) is 0 Å². The minimum atomic E-state index is -3.70. The summed E-state index contributed by atoms with van der Waals surface area (Å²) in [5.74, 6) is 0.320. The van der Waals surface area contributed by atoms with Gasteiger partial charge < -0.3 is 14.8 Å². The molecule has 34 heavy (non-hydrogen) atoms. The summed E-state index contributed by atoms with van der Waals surface area (Å²) in [6.07, 6.45) is 0.696. The standard InChI is InChI=1S/C24H25Cl2FN2O4S/c1-2-32-23-13-17(14-29-11-10-16-6-8-18(9-7-16)34(28,30)31)12-21(26)24(23)33-15-19-20(25)4-3-5-22(19)27/h3-9,12-13,29H,2,10-11,14-15H2,1H3,(H2,28,30,31). The molecule has 3 aromatic carbocycles. The maximum absolute atomic E-state index is 14.1. The molecule has 182 valence electrons. The molecule has 3 aromatic rings. The van der Waals surface area contributed by atoms with Crippen LogP contribution >= 0.6 is 23.2 Å². The lowest BCUT2D eigenvalue weighted by Crippen LogP contribution is -2.17. The Bertz CT molecular complexity index is 1220. The quantitative estimate of drug-likeness (QED) is 0.339. The second-order valence-electron chi connectivity index (χ2n) is 7.44. The molecule has 0 radical (unpaired) electrons. The Balaban J connectivity index is 1.62. The van der Waals surface area contributed by atoms with Crippen molar-refractivity contribution in [1.82, 2.24) is 5.32 Å². The van der Waals surface area contributed by atoms with Crippen molar-refractivity contribution in [3.05, 3.63) is 87.2 Å². The summed E-state index contributed by atoms with van der Waals surface area (Å²) in [5.41, 5.74) is 2.10. The number of nitrogens with two attached hydrogens (primary N) is 1. The fourth-order valence-corrected chi connectivity index (χ4v) is 4.27. The summed E-state index contributed by atoms with van der Waals surface area (Å²) in [6.45, 7) is 3.33. The molecule has 0 bridgehead atoms. The van der Waals surface area contributed by atoms with Gasteiger partial charge >= 0.3 is 0 Å². The second kappa shape index (κ2) is 11.9. The third-order valence-corrected chi connectivity index (χ3v) is 6.53. The molecule has 0 saturated carbocycles. The molecule has 0 aliphatic carbocycles. The van der Waals surface area contributed by atoms with E-state index >= 15 is 0 Å². The van der Waals surface area contributed by atoms with E-state index in [1.165, 1.54) is 24.3 Å².